The Hall–Kier alpha value is -3.36. The van der Waals surface area contributed by atoms with Crippen LogP contribution >= 0.6 is 23.2 Å². The first-order valence-corrected chi connectivity index (χ1v) is 10.7. The molecule has 164 valence electrons. The van der Waals surface area contributed by atoms with Crippen molar-refractivity contribution in [3.8, 4) is 17.1 Å². The van der Waals surface area contributed by atoms with E-state index in [2.05, 4.69) is 34.5 Å². The molecule has 10 heteroatoms. The minimum absolute atomic E-state index is 0.0711. The van der Waals surface area contributed by atoms with E-state index in [1.807, 2.05) is 28.8 Å². The lowest BCUT2D eigenvalue weighted by molar-refractivity contribution is 0.0996. The van der Waals surface area contributed by atoms with Gasteiger partial charge in [0.15, 0.2) is 11.5 Å². The molecule has 2 aromatic heterocycles. The van der Waals surface area contributed by atoms with Crippen LogP contribution in [0.3, 0.4) is 0 Å². The number of benzene rings is 2. The molecular formula is C22H21Cl2N7O. The first-order chi connectivity index (χ1) is 15.3. The summed E-state index contributed by atoms with van der Waals surface area (Å²) in [6.07, 6.45) is 3.36. The number of nitrogens with one attached hydrogen (secondary N) is 1. The Bertz CT molecular complexity index is 1240. The van der Waals surface area contributed by atoms with E-state index in [0.29, 0.717) is 27.3 Å². The average Bonchev–Trinajstić information content (AvgIpc) is 3.35. The van der Waals surface area contributed by atoms with E-state index < -0.39 is 5.91 Å². The van der Waals surface area contributed by atoms with Crippen molar-refractivity contribution in [3.05, 3.63) is 70.7 Å². The molecule has 32 heavy (non-hydrogen) atoms. The van der Waals surface area contributed by atoms with Crippen LogP contribution in [0.15, 0.2) is 55.0 Å². The Kier molecular flexibility index (Phi) is 6.16. The zero-order chi connectivity index (χ0) is 22.8. The van der Waals surface area contributed by atoms with Crippen molar-refractivity contribution in [1.82, 2.24) is 24.5 Å². The normalized spacial score (nSPS) is 11.2. The monoisotopic (exact) mass is 469 g/mol. The van der Waals surface area contributed by atoms with Gasteiger partial charge in [0, 0.05) is 17.8 Å². The molecule has 0 radical (unpaired) electrons. The molecule has 0 saturated heterocycles. The topological polar surface area (TPSA) is 104 Å². The van der Waals surface area contributed by atoms with Gasteiger partial charge in [-0.15, -0.1) is 10.2 Å². The Morgan fingerprint density at radius 3 is 2.44 bits per heavy atom. The number of halogens is 2. The van der Waals surface area contributed by atoms with Crippen molar-refractivity contribution in [3.63, 3.8) is 0 Å². The van der Waals surface area contributed by atoms with Crippen LogP contribution in [0.4, 0.5) is 11.4 Å². The van der Waals surface area contributed by atoms with Crippen LogP contribution in [0.1, 0.15) is 24.3 Å². The van der Waals surface area contributed by atoms with E-state index in [1.165, 1.54) is 4.68 Å². The molecule has 0 aliphatic rings. The molecular weight excluding hydrogens is 449 g/mol. The van der Waals surface area contributed by atoms with Crippen LogP contribution in [-0.4, -0.2) is 30.5 Å². The number of rotatable bonds is 7. The van der Waals surface area contributed by atoms with E-state index in [4.69, 9.17) is 28.9 Å². The lowest BCUT2D eigenvalue weighted by Gasteiger charge is -2.10. The molecule has 0 aliphatic heterocycles. The second-order valence-corrected chi connectivity index (χ2v) is 8.49. The summed E-state index contributed by atoms with van der Waals surface area (Å²) in [4.78, 5) is 12.0. The van der Waals surface area contributed by atoms with Crippen molar-refractivity contribution >= 4 is 40.5 Å². The van der Waals surface area contributed by atoms with Crippen LogP contribution in [0.2, 0.25) is 10.0 Å². The smallest absolute Gasteiger partial charge is 0.271 e. The minimum atomic E-state index is -0.673. The Balaban J connectivity index is 1.63. The molecule has 2 heterocycles. The summed E-state index contributed by atoms with van der Waals surface area (Å²) in [5.74, 6) is 0.596. The molecule has 0 atom stereocenters. The van der Waals surface area contributed by atoms with Crippen LogP contribution in [0.25, 0.3) is 17.1 Å². The summed E-state index contributed by atoms with van der Waals surface area (Å²) in [7, 11) is 0. The number of hydrogen-bond acceptors (Lipinski definition) is 5. The van der Waals surface area contributed by atoms with Gasteiger partial charge in [0.2, 0.25) is 0 Å². The van der Waals surface area contributed by atoms with Crippen molar-refractivity contribution in [2.45, 2.75) is 20.4 Å². The number of anilines is 2. The maximum Gasteiger partial charge on any atom is 0.271 e. The number of carbonyl (C=O) groups excluding carboxylic acids is 1. The summed E-state index contributed by atoms with van der Waals surface area (Å²) in [5, 5.41) is 16.5. The summed E-state index contributed by atoms with van der Waals surface area (Å²) >= 11 is 12.6. The zero-order valence-electron chi connectivity index (χ0n) is 17.5. The van der Waals surface area contributed by atoms with E-state index in [0.717, 1.165) is 23.6 Å². The minimum Gasteiger partial charge on any atom is -0.364 e. The van der Waals surface area contributed by atoms with E-state index in [9.17, 15) is 4.79 Å². The molecule has 0 bridgehead atoms. The lowest BCUT2D eigenvalue weighted by Crippen LogP contribution is -2.14. The van der Waals surface area contributed by atoms with Gasteiger partial charge in [-0.3, -0.25) is 4.79 Å². The molecule has 4 aromatic rings. The largest absolute Gasteiger partial charge is 0.364 e. The van der Waals surface area contributed by atoms with Gasteiger partial charge in [0.05, 0.1) is 21.9 Å². The third kappa shape index (κ3) is 4.46. The maximum absolute atomic E-state index is 12.0. The Morgan fingerprint density at radius 2 is 1.81 bits per heavy atom. The van der Waals surface area contributed by atoms with Gasteiger partial charge in [0.25, 0.3) is 5.91 Å². The first kappa shape index (κ1) is 21.9. The van der Waals surface area contributed by atoms with Crippen molar-refractivity contribution in [2.75, 3.05) is 5.32 Å². The maximum atomic E-state index is 12.0. The van der Waals surface area contributed by atoms with Crippen LogP contribution in [0, 0.1) is 5.92 Å². The highest BCUT2D eigenvalue weighted by molar-refractivity contribution is 6.37. The highest BCUT2D eigenvalue weighted by atomic mass is 35.5. The number of amides is 1. The first-order valence-electron chi connectivity index (χ1n) is 9.92. The van der Waals surface area contributed by atoms with Gasteiger partial charge in [-0.05, 0) is 42.3 Å². The fourth-order valence-electron chi connectivity index (χ4n) is 3.33. The van der Waals surface area contributed by atoms with Gasteiger partial charge in [-0.25, -0.2) is 4.68 Å². The number of nitrogens with two attached hydrogens (primary N) is 1. The summed E-state index contributed by atoms with van der Waals surface area (Å²) in [5.41, 5.74) is 8.19. The second kappa shape index (κ2) is 9.02. The molecule has 3 N–H and O–H groups in total. The van der Waals surface area contributed by atoms with Gasteiger partial charge >= 0.3 is 0 Å². The molecule has 0 aliphatic carbocycles. The van der Waals surface area contributed by atoms with Crippen molar-refractivity contribution in [2.24, 2.45) is 11.7 Å². The van der Waals surface area contributed by atoms with E-state index in [1.54, 1.807) is 30.7 Å². The van der Waals surface area contributed by atoms with Crippen molar-refractivity contribution < 1.29 is 4.79 Å². The number of aromatic nitrogens is 5. The predicted octanol–water partition coefficient (Wildman–Crippen LogP) is 4.94. The molecule has 8 nitrogen and oxygen atoms in total. The third-order valence-electron chi connectivity index (χ3n) is 4.71. The van der Waals surface area contributed by atoms with E-state index in [-0.39, 0.29) is 5.69 Å². The van der Waals surface area contributed by atoms with Gasteiger partial charge in [-0.1, -0.05) is 43.1 Å². The SMILES string of the molecule is CC(C)Cn1cnnc1-c1ccc(Nc2cn(-c3c(Cl)cccc3Cl)nc2C(N)=O)cc1. The summed E-state index contributed by atoms with van der Waals surface area (Å²) in [6.45, 7) is 5.11. The number of para-hydroxylation sites is 1. The molecule has 0 fully saturated rings. The number of primary amides is 1. The third-order valence-corrected chi connectivity index (χ3v) is 5.32. The Labute approximate surface area is 195 Å². The molecule has 4 rings (SSSR count). The van der Waals surface area contributed by atoms with Crippen molar-refractivity contribution in [1.29, 1.82) is 0 Å². The lowest BCUT2D eigenvalue weighted by atomic mass is 10.1. The fourth-order valence-corrected chi connectivity index (χ4v) is 3.90. The highest BCUT2D eigenvalue weighted by Crippen LogP contribution is 2.31. The van der Waals surface area contributed by atoms with Gasteiger partial charge < -0.3 is 15.6 Å². The molecule has 0 spiro atoms. The summed E-state index contributed by atoms with van der Waals surface area (Å²) in [6, 6.07) is 12.7. The predicted molar refractivity (Wildman–Crippen MR) is 126 cm³/mol. The molecule has 0 unspecified atom stereocenters. The highest BCUT2D eigenvalue weighted by Gasteiger charge is 2.18. The number of hydrogen-bond donors (Lipinski definition) is 2. The van der Waals surface area contributed by atoms with Crippen LogP contribution in [0.5, 0.6) is 0 Å². The molecule has 2 aromatic carbocycles. The van der Waals surface area contributed by atoms with E-state index >= 15 is 0 Å². The summed E-state index contributed by atoms with van der Waals surface area (Å²) < 4.78 is 3.46. The quantitative estimate of drug-likeness (QED) is 0.398. The number of nitrogens with zero attached hydrogens (tertiary/aromatic N) is 5. The molecule has 0 saturated carbocycles. The van der Waals surface area contributed by atoms with Crippen LogP contribution in [-0.2, 0) is 6.54 Å². The molecule has 1 amide bonds. The zero-order valence-corrected chi connectivity index (χ0v) is 19.0. The van der Waals surface area contributed by atoms with Gasteiger partial charge in [0.1, 0.15) is 12.0 Å². The van der Waals surface area contributed by atoms with Gasteiger partial charge in [-0.2, -0.15) is 5.10 Å². The van der Waals surface area contributed by atoms with Crippen LogP contribution < -0.4 is 11.1 Å². The number of carbonyl (C=O) groups is 1. The Morgan fingerprint density at radius 1 is 1.12 bits per heavy atom. The fraction of sp³-hybridized carbons (Fsp3) is 0.182. The second-order valence-electron chi connectivity index (χ2n) is 7.67. The standard InChI is InChI=1S/C22H21Cl2N7O/c1-13(2)10-30-12-26-28-22(30)14-6-8-15(9-7-14)27-18-11-31(29-19(18)21(25)32)20-16(23)4-3-5-17(20)24/h3-9,11-13,27H,10H2,1-2H3,(H2,25,32). The average molecular weight is 470 g/mol.